The van der Waals surface area contributed by atoms with Gasteiger partial charge in [0.1, 0.15) is 29.2 Å². The number of pyridine rings is 1. The first-order chi connectivity index (χ1) is 24.0. The third-order valence-electron chi connectivity index (χ3n) is 10.1. The van der Waals surface area contributed by atoms with Gasteiger partial charge < -0.3 is 19.7 Å². The number of fused-ring (bicyclic) bond motifs is 4. The number of rotatable bonds is 5. The highest BCUT2D eigenvalue weighted by molar-refractivity contribution is 6.37. The third kappa shape index (κ3) is 6.78. The number of hydrogen-bond acceptors (Lipinski definition) is 7. The molecule has 1 amide bonds. The standard InChI is InChI=1S/C39H42ClF2N5O3/c1-39(2,3)50-38(48)47-27-11-12-28(47)21-46(20-27)36-30-13-9-25(29-8-4-7-24-10-14-32(42)35(40)34(24)29)17-33(30)45-37(31(36)18-43)49-22-23-6-5-15-44-19-26(41)16-23/h4,7-10,13-14,17,23,26-28,44H,5-6,11-12,15-16,19-22H2,1-3H3/t23-,26-,27?,28?/m1/s1. The lowest BCUT2D eigenvalue weighted by Gasteiger charge is -2.42. The van der Waals surface area contributed by atoms with E-state index >= 15 is 0 Å². The molecule has 4 atom stereocenters. The van der Waals surface area contributed by atoms with E-state index in [0.29, 0.717) is 48.2 Å². The number of anilines is 1. The maximum Gasteiger partial charge on any atom is 0.410 e. The number of nitrogens with one attached hydrogen (secondary N) is 1. The molecular formula is C39H42ClF2N5O3. The minimum atomic E-state index is -0.976. The number of carbonyl (C=O) groups is 1. The van der Waals surface area contributed by atoms with Crippen LogP contribution in [0.15, 0.2) is 48.5 Å². The maximum absolute atomic E-state index is 14.7. The van der Waals surface area contributed by atoms with Crippen LogP contribution in [0.1, 0.15) is 58.4 Å². The lowest BCUT2D eigenvalue weighted by Crippen LogP contribution is -2.57. The molecule has 0 radical (unpaired) electrons. The van der Waals surface area contributed by atoms with Gasteiger partial charge in [-0.25, -0.2) is 18.6 Å². The second-order valence-corrected chi connectivity index (χ2v) is 15.2. The summed E-state index contributed by atoms with van der Waals surface area (Å²) in [5.41, 5.74) is 2.55. The van der Waals surface area contributed by atoms with Gasteiger partial charge in [0.05, 0.1) is 34.9 Å². The van der Waals surface area contributed by atoms with Gasteiger partial charge >= 0.3 is 6.09 Å². The summed E-state index contributed by atoms with van der Waals surface area (Å²) < 4.78 is 41.5. The average molecular weight is 702 g/mol. The summed E-state index contributed by atoms with van der Waals surface area (Å²) in [4.78, 5) is 22.2. The quantitative estimate of drug-likeness (QED) is 0.223. The molecule has 0 saturated carbocycles. The molecule has 1 N–H and O–H groups in total. The summed E-state index contributed by atoms with van der Waals surface area (Å²) in [5.74, 6) is -0.318. The van der Waals surface area contributed by atoms with E-state index in [1.807, 2.05) is 62.1 Å². The van der Waals surface area contributed by atoms with E-state index in [-0.39, 0.29) is 41.6 Å². The van der Waals surface area contributed by atoms with Gasteiger partial charge in [-0.1, -0.05) is 48.0 Å². The van der Waals surface area contributed by atoms with E-state index in [9.17, 15) is 18.8 Å². The second kappa shape index (κ2) is 13.8. The lowest BCUT2D eigenvalue weighted by molar-refractivity contribution is 0.0123. The highest BCUT2D eigenvalue weighted by Crippen LogP contribution is 2.43. The van der Waals surface area contributed by atoms with Crippen LogP contribution in [-0.2, 0) is 4.74 Å². The minimum absolute atomic E-state index is 0.0214. The fraction of sp³-hybridized carbons (Fsp3) is 0.462. The number of ether oxygens (including phenoxy) is 2. The molecule has 3 aromatic carbocycles. The lowest BCUT2D eigenvalue weighted by atomic mass is 9.95. The van der Waals surface area contributed by atoms with Gasteiger partial charge in [0.25, 0.3) is 0 Å². The fourth-order valence-corrected chi connectivity index (χ4v) is 8.13. The van der Waals surface area contributed by atoms with Crippen molar-refractivity contribution in [1.29, 1.82) is 5.26 Å². The van der Waals surface area contributed by atoms with Crippen molar-refractivity contribution in [3.8, 4) is 23.1 Å². The van der Waals surface area contributed by atoms with Gasteiger partial charge in [-0.3, -0.25) is 4.90 Å². The molecule has 3 saturated heterocycles. The molecular weight excluding hydrogens is 660 g/mol. The Balaban J connectivity index is 1.31. The fourth-order valence-electron chi connectivity index (χ4n) is 7.86. The predicted octanol–water partition coefficient (Wildman–Crippen LogP) is 8.41. The van der Waals surface area contributed by atoms with Crippen molar-refractivity contribution in [2.24, 2.45) is 5.92 Å². The molecule has 3 aliphatic rings. The Kier molecular flexibility index (Phi) is 9.48. The van der Waals surface area contributed by atoms with E-state index in [1.165, 1.54) is 6.07 Å². The molecule has 262 valence electrons. The van der Waals surface area contributed by atoms with E-state index in [4.69, 9.17) is 26.1 Å². The predicted molar refractivity (Wildman–Crippen MR) is 192 cm³/mol. The first-order valence-corrected chi connectivity index (χ1v) is 17.9. The van der Waals surface area contributed by atoms with Crippen LogP contribution in [-0.4, -0.2) is 72.6 Å². The van der Waals surface area contributed by atoms with Gasteiger partial charge in [0, 0.05) is 30.4 Å². The Morgan fingerprint density at radius 3 is 2.64 bits per heavy atom. The topological polar surface area (TPSA) is 90.7 Å². The summed E-state index contributed by atoms with van der Waals surface area (Å²) in [7, 11) is 0. The van der Waals surface area contributed by atoms with Gasteiger partial charge in [-0.2, -0.15) is 5.26 Å². The number of aromatic nitrogens is 1. The molecule has 0 aliphatic carbocycles. The largest absolute Gasteiger partial charge is 0.476 e. The number of benzene rings is 3. The van der Waals surface area contributed by atoms with Crippen LogP contribution in [0.3, 0.4) is 0 Å². The monoisotopic (exact) mass is 701 g/mol. The smallest absolute Gasteiger partial charge is 0.410 e. The number of piperazine rings is 1. The number of amides is 1. The van der Waals surface area contributed by atoms with Crippen LogP contribution in [0, 0.1) is 23.1 Å². The zero-order chi connectivity index (χ0) is 35.2. The molecule has 3 aliphatic heterocycles. The number of halogens is 3. The maximum atomic E-state index is 14.7. The van der Waals surface area contributed by atoms with Crippen molar-refractivity contribution in [2.45, 2.75) is 76.7 Å². The summed E-state index contributed by atoms with van der Waals surface area (Å²) in [6.45, 7) is 7.94. The minimum Gasteiger partial charge on any atom is -0.476 e. The molecule has 8 nitrogen and oxygen atoms in total. The normalized spacial score (nSPS) is 22.7. The summed E-state index contributed by atoms with van der Waals surface area (Å²) in [6, 6.07) is 16.8. The van der Waals surface area contributed by atoms with E-state index < -0.39 is 17.6 Å². The van der Waals surface area contributed by atoms with Crippen LogP contribution in [0.25, 0.3) is 32.8 Å². The van der Waals surface area contributed by atoms with Crippen molar-refractivity contribution < 1.29 is 23.0 Å². The van der Waals surface area contributed by atoms with Gasteiger partial charge in [0.2, 0.25) is 5.88 Å². The number of carbonyl (C=O) groups excluding carboxylic acids is 1. The Bertz CT molecular complexity index is 1960. The number of nitriles is 1. The van der Waals surface area contributed by atoms with Crippen LogP contribution < -0.4 is 15.0 Å². The van der Waals surface area contributed by atoms with Crippen LogP contribution in [0.2, 0.25) is 5.02 Å². The van der Waals surface area contributed by atoms with Crippen LogP contribution >= 0.6 is 11.6 Å². The molecule has 3 fully saturated rings. The first-order valence-electron chi connectivity index (χ1n) is 17.5. The van der Waals surface area contributed by atoms with Crippen LogP contribution in [0.5, 0.6) is 5.88 Å². The zero-order valence-corrected chi connectivity index (χ0v) is 29.4. The van der Waals surface area contributed by atoms with Crippen molar-refractivity contribution in [3.05, 3.63) is 64.9 Å². The summed E-state index contributed by atoms with van der Waals surface area (Å²) in [6.07, 6.45) is 2.45. The summed E-state index contributed by atoms with van der Waals surface area (Å²) >= 11 is 6.52. The average Bonchev–Trinajstić information content (AvgIpc) is 3.34. The molecule has 0 spiro atoms. The Morgan fingerprint density at radius 2 is 1.90 bits per heavy atom. The molecule has 2 bridgehead atoms. The molecule has 50 heavy (non-hydrogen) atoms. The highest BCUT2D eigenvalue weighted by atomic mass is 35.5. The van der Waals surface area contributed by atoms with Crippen molar-refractivity contribution in [3.63, 3.8) is 0 Å². The number of hydrogen-bond donors (Lipinski definition) is 1. The molecule has 11 heteroatoms. The van der Waals surface area contributed by atoms with E-state index in [2.05, 4.69) is 16.3 Å². The van der Waals surface area contributed by atoms with Gasteiger partial charge in [0.15, 0.2) is 0 Å². The molecule has 1 aromatic heterocycles. The second-order valence-electron chi connectivity index (χ2n) is 14.8. The Labute approximate surface area is 296 Å². The number of nitrogens with zero attached hydrogens (tertiary/aromatic N) is 4. The van der Waals surface area contributed by atoms with Gasteiger partial charge in [-0.15, -0.1) is 0 Å². The van der Waals surface area contributed by atoms with Crippen molar-refractivity contribution in [2.75, 3.05) is 37.7 Å². The SMILES string of the molecule is CC(C)(C)OC(=O)N1C2CCC1CN(c1c(C#N)c(OC[C@@H]3CCCNC[C@H](F)C3)nc3cc(-c4cccc5ccc(F)c(Cl)c45)ccc13)C2. The van der Waals surface area contributed by atoms with Crippen molar-refractivity contribution >= 4 is 45.1 Å². The van der Waals surface area contributed by atoms with Crippen LogP contribution in [0.4, 0.5) is 19.3 Å². The molecule has 4 aromatic rings. The highest BCUT2D eigenvalue weighted by Gasteiger charge is 2.45. The van der Waals surface area contributed by atoms with E-state index in [0.717, 1.165) is 54.1 Å². The number of alkyl halides is 1. The molecule has 4 heterocycles. The zero-order valence-electron chi connectivity index (χ0n) is 28.6. The Hall–Kier alpha value is -4.20. The first kappa shape index (κ1) is 34.3. The van der Waals surface area contributed by atoms with Gasteiger partial charge in [-0.05, 0) is 94.0 Å². The third-order valence-corrected chi connectivity index (χ3v) is 10.4. The van der Waals surface area contributed by atoms with E-state index in [1.54, 1.807) is 6.07 Å². The van der Waals surface area contributed by atoms with Crippen molar-refractivity contribution in [1.82, 2.24) is 15.2 Å². The summed E-state index contributed by atoms with van der Waals surface area (Å²) in [5, 5.41) is 16.0. The molecule has 2 unspecified atom stereocenters. The Morgan fingerprint density at radius 1 is 1.12 bits per heavy atom. The molecule has 7 rings (SSSR count).